The lowest BCUT2D eigenvalue weighted by Crippen LogP contribution is -2.43. The van der Waals surface area contributed by atoms with Gasteiger partial charge in [-0.15, -0.1) is 0 Å². The maximum absolute atomic E-state index is 13.1. The molecule has 1 amide bonds. The first-order valence-electron chi connectivity index (χ1n) is 14.2. The normalized spacial score (nSPS) is 28.9. The van der Waals surface area contributed by atoms with E-state index >= 15 is 0 Å². The van der Waals surface area contributed by atoms with Crippen LogP contribution in [0.5, 0.6) is 5.75 Å². The van der Waals surface area contributed by atoms with Gasteiger partial charge in [0.25, 0.3) is 5.91 Å². The van der Waals surface area contributed by atoms with Crippen LogP contribution < -0.4 is 9.64 Å². The van der Waals surface area contributed by atoms with Gasteiger partial charge in [0.2, 0.25) is 0 Å². The molecule has 5 rings (SSSR count). The number of methoxy groups -OCH3 is 2. The Balaban J connectivity index is 1.60. The highest BCUT2D eigenvalue weighted by atomic mass is 35.5. The van der Waals surface area contributed by atoms with Gasteiger partial charge in [0.15, 0.2) is 0 Å². The Hall–Kier alpha value is -2.39. The van der Waals surface area contributed by atoms with Gasteiger partial charge in [-0.3, -0.25) is 9.00 Å². The van der Waals surface area contributed by atoms with Crippen molar-refractivity contribution in [3.05, 3.63) is 70.3 Å². The number of aryl methyl sites for hydroxylation is 1. The largest absolute Gasteiger partial charge is 0.491 e. The first-order valence-corrected chi connectivity index (χ1v) is 16.0. The number of carbonyl (C=O) groups is 1. The van der Waals surface area contributed by atoms with Crippen LogP contribution in [0.25, 0.3) is 0 Å². The number of nitrogens with zero attached hydrogens (tertiary/aromatic N) is 2. The van der Waals surface area contributed by atoms with Gasteiger partial charge in [0.1, 0.15) is 5.75 Å². The Morgan fingerprint density at radius 3 is 2.67 bits per heavy atom. The Morgan fingerprint density at radius 2 is 1.90 bits per heavy atom. The fourth-order valence-electron chi connectivity index (χ4n) is 5.96. The zero-order valence-electron chi connectivity index (χ0n) is 23.3. The maximum atomic E-state index is 13.1. The van der Waals surface area contributed by atoms with Crippen LogP contribution in [0, 0.1) is 11.8 Å². The predicted molar refractivity (Wildman–Crippen MR) is 160 cm³/mol. The molecule has 7 nitrogen and oxygen atoms in total. The third kappa shape index (κ3) is 6.90. The van der Waals surface area contributed by atoms with Gasteiger partial charge in [-0.05, 0) is 91.8 Å². The van der Waals surface area contributed by atoms with E-state index in [1.54, 1.807) is 20.3 Å². The molecular formula is C31H39ClN2O5S. The lowest BCUT2D eigenvalue weighted by molar-refractivity contribution is 0.0126. The number of rotatable bonds is 2. The quantitative estimate of drug-likeness (QED) is 0.350. The van der Waals surface area contributed by atoms with Gasteiger partial charge >= 0.3 is 0 Å². The number of thiol groups is 1. The smallest absolute Gasteiger partial charge is 0.284 e. The van der Waals surface area contributed by atoms with Crippen molar-refractivity contribution in [2.45, 2.75) is 57.3 Å². The van der Waals surface area contributed by atoms with E-state index in [4.69, 9.17) is 25.8 Å². The van der Waals surface area contributed by atoms with Crippen molar-refractivity contribution < 1.29 is 23.2 Å². The van der Waals surface area contributed by atoms with Crippen LogP contribution >= 0.6 is 11.6 Å². The molecule has 1 unspecified atom stereocenters. The zero-order chi connectivity index (χ0) is 28.1. The number of hydrogen-bond donors (Lipinski definition) is 1. The van der Waals surface area contributed by atoms with Gasteiger partial charge in [0, 0.05) is 54.2 Å². The molecule has 2 aromatic carbocycles. The predicted octanol–water partition coefficient (Wildman–Crippen LogP) is 5.88. The summed E-state index contributed by atoms with van der Waals surface area (Å²) < 4.78 is 34.7. The molecule has 0 spiro atoms. The minimum absolute atomic E-state index is 0.0404. The first kappa shape index (κ1) is 29.1. The van der Waals surface area contributed by atoms with Crippen LogP contribution in [0.3, 0.4) is 0 Å². The van der Waals surface area contributed by atoms with Gasteiger partial charge in [-0.2, -0.15) is 4.36 Å². The van der Waals surface area contributed by atoms with Crippen LogP contribution in [0.15, 0.2) is 52.9 Å². The summed E-state index contributed by atoms with van der Waals surface area (Å²) in [5.41, 5.74) is 3.74. The fraction of sp³-hybridized carbons (Fsp3) is 0.516. The SMILES string of the molecule is CO[C@H]1/C=C/[C@H](OC)CC/[SH](=O)=N\C(=O)c2ccc3c(c2)N(Cc2ccc(Cl)cc2CCCCO3)C[C@@H]2CC[C@H]21. The van der Waals surface area contributed by atoms with Crippen LogP contribution in [0.2, 0.25) is 5.02 Å². The van der Waals surface area contributed by atoms with E-state index < -0.39 is 16.5 Å². The fourth-order valence-corrected chi connectivity index (χ4v) is 7.05. The van der Waals surface area contributed by atoms with Crippen molar-refractivity contribution in [2.24, 2.45) is 16.2 Å². The molecule has 2 aliphatic heterocycles. The second-order valence-electron chi connectivity index (χ2n) is 10.9. The lowest BCUT2D eigenvalue weighted by atomic mass is 9.70. The molecule has 40 heavy (non-hydrogen) atoms. The molecular weight excluding hydrogens is 548 g/mol. The highest BCUT2D eigenvalue weighted by Gasteiger charge is 2.38. The summed E-state index contributed by atoms with van der Waals surface area (Å²) in [6.07, 6.45) is 9.37. The molecule has 2 bridgehead atoms. The summed E-state index contributed by atoms with van der Waals surface area (Å²) in [7, 11) is 1.34. The minimum atomic E-state index is -2.06. The number of halogens is 1. The van der Waals surface area contributed by atoms with E-state index in [9.17, 15) is 9.00 Å². The Kier molecular flexibility index (Phi) is 9.84. The molecule has 2 heterocycles. The molecule has 1 fully saturated rings. The number of anilines is 1. The number of hydrogen-bond acceptors (Lipinski definition) is 6. The standard InChI is InChI=1S/C31H39ClN2O5S/c1-37-26-10-13-29(38-2)27-11-7-24(27)20-34-19-23-6-9-25(32)17-21(23)5-3-4-15-39-30-12-8-22(18-28(30)34)31(35)33-40(36)16-14-26/h6,8-10,12-13,17-18,24,26-27,29,40H,3-5,7,11,14-16,19-20H2,1-2H3/b13-10+/t24-,26-,27+,29-/m0/s1. The molecule has 216 valence electrons. The summed E-state index contributed by atoms with van der Waals surface area (Å²) in [5, 5.41) is 0.741. The van der Waals surface area contributed by atoms with E-state index in [2.05, 4.69) is 27.5 Å². The second kappa shape index (κ2) is 13.5. The van der Waals surface area contributed by atoms with Crippen molar-refractivity contribution >= 4 is 33.8 Å². The maximum Gasteiger partial charge on any atom is 0.284 e. The van der Waals surface area contributed by atoms with E-state index in [0.717, 1.165) is 55.1 Å². The van der Waals surface area contributed by atoms with Crippen molar-refractivity contribution in [2.75, 3.05) is 38.0 Å². The molecule has 0 aromatic heterocycles. The molecule has 0 N–H and O–H groups in total. The van der Waals surface area contributed by atoms with E-state index in [0.29, 0.717) is 37.0 Å². The highest BCUT2D eigenvalue weighted by molar-refractivity contribution is 7.75. The van der Waals surface area contributed by atoms with Gasteiger partial charge in [-0.25, -0.2) is 0 Å². The Morgan fingerprint density at radius 1 is 1.02 bits per heavy atom. The third-order valence-corrected chi connectivity index (χ3v) is 9.71. The molecule has 9 heteroatoms. The monoisotopic (exact) mass is 586 g/mol. The topological polar surface area (TPSA) is 77.4 Å². The Bertz CT molecular complexity index is 1320. The van der Waals surface area contributed by atoms with Crippen molar-refractivity contribution in [1.29, 1.82) is 0 Å². The molecule has 5 atom stereocenters. The number of benzene rings is 2. The average molecular weight is 587 g/mol. The van der Waals surface area contributed by atoms with Gasteiger partial charge < -0.3 is 19.1 Å². The van der Waals surface area contributed by atoms with Crippen LogP contribution in [0.1, 0.15) is 53.6 Å². The summed E-state index contributed by atoms with van der Waals surface area (Å²) >= 11 is 6.40. The van der Waals surface area contributed by atoms with Crippen LogP contribution in [-0.4, -0.2) is 55.4 Å². The van der Waals surface area contributed by atoms with Crippen molar-refractivity contribution in [1.82, 2.24) is 0 Å². The van der Waals surface area contributed by atoms with Gasteiger partial charge in [0.05, 0.1) is 24.5 Å². The van der Waals surface area contributed by atoms with E-state index in [-0.39, 0.29) is 18.0 Å². The number of ether oxygens (including phenoxy) is 3. The van der Waals surface area contributed by atoms with Crippen molar-refractivity contribution in [3.63, 3.8) is 0 Å². The number of amides is 1. The first-order chi connectivity index (χ1) is 19.4. The molecule has 0 radical (unpaired) electrons. The van der Waals surface area contributed by atoms with E-state index in [1.165, 1.54) is 11.1 Å². The average Bonchev–Trinajstić information content (AvgIpc) is 2.96. The molecule has 2 aromatic rings. The molecule has 0 saturated heterocycles. The number of fused-ring (bicyclic) bond motifs is 3. The zero-order valence-corrected chi connectivity index (χ0v) is 24.9. The third-order valence-electron chi connectivity index (χ3n) is 8.42. The van der Waals surface area contributed by atoms with Gasteiger partial charge in [-0.1, -0.05) is 29.8 Å². The molecule has 1 aliphatic carbocycles. The summed E-state index contributed by atoms with van der Waals surface area (Å²) in [6.45, 7) is 2.03. The van der Waals surface area contributed by atoms with Crippen LogP contribution in [0.4, 0.5) is 5.69 Å². The number of carbonyl (C=O) groups excluding carboxylic acids is 1. The van der Waals surface area contributed by atoms with E-state index in [1.807, 2.05) is 24.3 Å². The summed E-state index contributed by atoms with van der Waals surface area (Å²) in [4.78, 5) is 15.5. The molecule has 3 aliphatic rings. The summed E-state index contributed by atoms with van der Waals surface area (Å²) in [6, 6.07) is 11.6. The van der Waals surface area contributed by atoms with Crippen LogP contribution in [-0.2, 0) is 33.0 Å². The second-order valence-corrected chi connectivity index (χ2v) is 12.7. The highest BCUT2D eigenvalue weighted by Crippen LogP contribution is 2.42. The van der Waals surface area contributed by atoms with Crippen molar-refractivity contribution in [3.8, 4) is 5.75 Å². The minimum Gasteiger partial charge on any atom is -0.491 e. The summed E-state index contributed by atoms with van der Waals surface area (Å²) in [5.74, 6) is 1.31. The Labute approximate surface area is 244 Å². The lowest BCUT2D eigenvalue weighted by Gasteiger charge is -2.43. The molecule has 1 saturated carbocycles.